The third-order valence-electron chi connectivity index (χ3n) is 0.850. The van der Waals surface area contributed by atoms with Gasteiger partial charge in [-0.1, -0.05) is 6.08 Å². The normalized spacial score (nSPS) is 12.5. The maximum atomic E-state index is 10.1. The summed E-state index contributed by atoms with van der Waals surface area (Å²) >= 11 is 0. The average molecular weight is 145 g/mol. The summed E-state index contributed by atoms with van der Waals surface area (Å²) in [6.45, 7) is 3.75. The molecule has 0 saturated heterocycles. The molecule has 0 aromatic carbocycles. The van der Waals surface area contributed by atoms with E-state index in [4.69, 9.17) is 15.6 Å². The molecule has 0 aliphatic carbocycles. The van der Waals surface area contributed by atoms with Crippen molar-refractivity contribution in [2.24, 2.45) is 5.73 Å². The van der Waals surface area contributed by atoms with Crippen molar-refractivity contribution in [2.75, 3.05) is 13.2 Å². The van der Waals surface area contributed by atoms with Gasteiger partial charge in [0.05, 0.1) is 13.2 Å². The number of carboxylic acid groups (broad SMARTS) is 1. The minimum absolute atomic E-state index is 0.0291. The lowest BCUT2D eigenvalue weighted by Crippen LogP contribution is -2.34. The molecule has 0 rings (SSSR count). The molecule has 0 bridgehead atoms. The van der Waals surface area contributed by atoms with Gasteiger partial charge in [-0.15, -0.1) is 6.58 Å². The van der Waals surface area contributed by atoms with Crippen LogP contribution >= 0.6 is 0 Å². The summed E-state index contributed by atoms with van der Waals surface area (Å²) in [5, 5.41) is 8.25. The quantitative estimate of drug-likeness (QED) is 0.408. The minimum atomic E-state index is -1.05. The second-order valence-corrected chi connectivity index (χ2v) is 1.77. The van der Waals surface area contributed by atoms with Crippen LogP contribution in [0.4, 0.5) is 0 Å². The molecule has 1 atom stereocenters. The second kappa shape index (κ2) is 4.96. The van der Waals surface area contributed by atoms with Crippen molar-refractivity contribution >= 4 is 5.97 Å². The van der Waals surface area contributed by atoms with Gasteiger partial charge in [0.15, 0.2) is 0 Å². The third-order valence-corrected chi connectivity index (χ3v) is 0.850. The van der Waals surface area contributed by atoms with Crippen molar-refractivity contribution in [3.8, 4) is 0 Å². The van der Waals surface area contributed by atoms with E-state index in [1.165, 1.54) is 6.08 Å². The van der Waals surface area contributed by atoms with Gasteiger partial charge in [0, 0.05) is 0 Å². The molecule has 0 spiro atoms. The van der Waals surface area contributed by atoms with Crippen LogP contribution in [0.15, 0.2) is 12.7 Å². The molecule has 0 amide bonds. The van der Waals surface area contributed by atoms with Crippen molar-refractivity contribution in [1.29, 1.82) is 0 Å². The van der Waals surface area contributed by atoms with E-state index in [0.29, 0.717) is 6.61 Å². The Morgan fingerprint density at radius 3 is 2.90 bits per heavy atom. The van der Waals surface area contributed by atoms with Crippen LogP contribution in [0.5, 0.6) is 0 Å². The molecule has 0 unspecified atom stereocenters. The van der Waals surface area contributed by atoms with Crippen LogP contribution < -0.4 is 5.73 Å². The fraction of sp³-hybridized carbons (Fsp3) is 0.500. The number of ether oxygens (including phenoxy) is 1. The zero-order valence-corrected chi connectivity index (χ0v) is 5.62. The number of rotatable bonds is 5. The molecule has 0 fully saturated rings. The maximum Gasteiger partial charge on any atom is 0.322 e. The minimum Gasteiger partial charge on any atom is -0.480 e. The van der Waals surface area contributed by atoms with Crippen LogP contribution in [0.3, 0.4) is 0 Å². The number of hydrogen-bond donors (Lipinski definition) is 2. The lowest BCUT2D eigenvalue weighted by Gasteiger charge is -2.04. The van der Waals surface area contributed by atoms with Gasteiger partial charge >= 0.3 is 5.97 Å². The van der Waals surface area contributed by atoms with Crippen LogP contribution in [0.25, 0.3) is 0 Å². The monoisotopic (exact) mass is 145 g/mol. The molecule has 0 aliphatic rings. The van der Waals surface area contributed by atoms with Crippen molar-refractivity contribution in [3.63, 3.8) is 0 Å². The summed E-state index contributed by atoms with van der Waals surface area (Å²) in [5.41, 5.74) is 5.10. The summed E-state index contributed by atoms with van der Waals surface area (Å²) in [5.74, 6) is -1.05. The van der Waals surface area contributed by atoms with Gasteiger partial charge < -0.3 is 15.6 Å². The fourth-order valence-corrected chi connectivity index (χ4v) is 0.350. The smallest absolute Gasteiger partial charge is 0.322 e. The summed E-state index contributed by atoms with van der Waals surface area (Å²) in [7, 11) is 0. The van der Waals surface area contributed by atoms with E-state index in [1.54, 1.807) is 0 Å². The molecule has 0 aliphatic heterocycles. The van der Waals surface area contributed by atoms with E-state index in [0.717, 1.165) is 0 Å². The van der Waals surface area contributed by atoms with Crippen LogP contribution in [0.2, 0.25) is 0 Å². The van der Waals surface area contributed by atoms with Crippen molar-refractivity contribution < 1.29 is 14.6 Å². The molecule has 58 valence electrons. The average Bonchev–Trinajstić information content (AvgIpc) is 1.88. The highest BCUT2D eigenvalue weighted by Gasteiger charge is 2.09. The molecule has 10 heavy (non-hydrogen) atoms. The van der Waals surface area contributed by atoms with Gasteiger partial charge in [-0.2, -0.15) is 0 Å². The van der Waals surface area contributed by atoms with E-state index >= 15 is 0 Å². The Hall–Kier alpha value is -0.870. The number of carbonyl (C=O) groups is 1. The highest BCUT2D eigenvalue weighted by Crippen LogP contribution is 1.81. The summed E-state index contributed by atoms with van der Waals surface area (Å²) in [4.78, 5) is 10.1. The molecular formula is C6H11NO3. The van der Waals surface area contributed by atoms with E-state index < -0.39 is 12.0 Å². The van der Waals surface area contributed by atoms with E-state index in [-0.39, 0.29) is 6.61 Å². The number of hydrogen-bond acceptors (Lipinski definition) is 3. The molecule has 0 aromatic rings. The number of aliphatic carboxylic acids is 1. The molecule has 0 radical (unpaired) electrons. The van der Waals surface area contributed by atoms with Gasteiger partial charge in [-0.25, -0.2) is 0 Å². The lowest BCUT2D eigenvalue weighted by atomic mass is 10.3. The van der Waals surface area contributed by atoms with Gasteiger partial charge in [-0.05, 0) is 0 Å². The molecule has 0 aromatic heterocycles. The van der Waals surface area contributed by atoms with E-state index in [1.807, 2.05) is 0 Å². The summed E-state index contributed by atoms with van der Waals surface area (Å²) in [6, 6.07) is -0.931. The number of nitrogens with two attached hydrogens (primary N) is 1. The first-order valence-corrected chi connectivity index (χ1v) is 2.85. The largest absolute Gasteiger partial charge is 0.480 e. The van der Waals surface area contributed by atoms with Gasteiger partial charge in [-0.3, -0.25) is 4.79 Å². The summed E-state index contributed by atoms with van der Waals surface area (Å²) < 4.78 is 4.78. The Bertz CT molecular complexity index is 124. The highest BCUT2D eigenvalue weighted by atomic mass is 16.5. The molecule has 0 saturated carbocycles. The predicted molar refractivity (Wildman–Crippen MR) is 36.6 cm³/mol. The van der Waals surface area contributed by atoms with Gasteiger partial charge in [0.25, 0.3) is 0 Å². The SMILES string of the molecule is C=CCOC[C@H](N)C(=O)O. The van der Waals surface area contributed by atoms with E-state index in [9.17, 15) is 4.79 Å². The maximum absolute atomic E-state index is 10.1. The van der Waals surface area contributed by atoms with Crippen LogP contribution in [0, 0.1) is 0 Å². The molecule has 4 nitrogen and oxygen atoms in total. The molecular weight excluding hydrogens is 134 g/mol. The van der Waals surface area contributed by atoms with Gasteiger partial charge in [0.1, 0.15) is 6.04 Å². The third kappa shape index (κ3) is 4.05. The first-order chi connectivity index (χ1) is 4.68. The van der Waals surface area contributed by atoms with Crippen LogP contribution in [-0.2, 0) is 9.53 Å². The second-order valence-electron chi connectivity index (χ2n) is 1.77. The first kappa shape index (κ1) is 9.13. The Balaban J connectivity index is 3.30. The Labute approximate surface area is 59.3 Å². The van der Waals surface area contributed by atoms with E-state index in [2.05, 4.69) is 6.58 Å². The molecule has 4 heteroatoms. The van der Waals surface area contributed by atoms with Crippen molar-refractivity contribution in [1.82, 2.24) is 0 Å². The lowest BCUT2D eigenvalue weighted by molar-refractivity contribution is -0.139. The Morgan fingerprint density at radius 1 is 1.90 bits per heavy atom. The zero-order valence-electron chi connectivity index (χ0n) is 5.62. The van der Waals surface area contributed by atoms with Crippen LogP contribution in [-0.4, -0.2) is 30.3 Å². The van der Waals surface area contributed by atoms with Crippen LogP contribution in [0.1, 0.15) is 0 Å². The zero-order chi connectivity index (χ0) is 7.98. The standard InChI is InChI=1S/C6H11NO3/c1-2-3-10-4-5(7)6(8)9/h2,5H,1,3-4,7H2,(H,8,9)/t5-/m0/s1. The topological polar surface area (TPSA) is 72.5 Å². The first-order valence-electron chi connectivity index (χ1n) is 2.85. The molecule has 0 heterocycles. The summed E-state index contributed by atoms with van der Waals surface area (Å²) in [6.07, 6.45) is 1.54. The molecule has 3 N–H and O–H groups in total. The predicted octanol–water partition coefficient (Wildman–Crippen LogP) is -0.399. The van der Waals surface area contributed by atoms with Crippen molar-refractivity contribution in [3.05, 3.63) is 12.7 Å². The van der Waals surface area contributed by atoms with Gasteiger partial charge in [0.2, 0.25) is 0 Å². The number of carboxylic acids is 1. The van der Waals surface area contributed by atoms with Crippen molar-refractivity contribution in [2.45, 2.75) is 6.04 Å². The fourth-order valence-electron chi connectivity index (χ4n) is 0.350. The Morgan fingerprint density at radius 2 is 2.50 bits per heavy atom. The highest BCUT2D eigenvalue weighted by molar-refractivity contribution is 5.73. The Kier molecular flexibility index (Phi) is 4.53.